The predicted octanol–water partition coefficient (Wildman–Crippen LogP) is 3.76. The normalized spacial score (nSPS) is 21.0. The first kappa shape index (κ1) is 33.1. The lowest BCUT2D eigenvalue weighted by Gasteiger charge is -2.45. The number of carbonyl (C=O) groups excluding carboxylic acids is 4. The number of hydrogen-bond acceptors (Lipinski definition) is 11. The minimum absolute atomic E-state index is 0.190. The summed E-state index contributed by atoms with van der Waals surface area (Å²) in [6.45, 7) is 9.87. The van der Waals surface area contributed by atoms with E-state index in [-0.39, 0.29) is 11.4 Å². The monoisotopic (exact) mass is 620 g/mol. The first-order chi connectivity index (χ1) is 21.3. The maximum atomic E-state index is 14.6. The van der Waals surface area contributed by atoms with Crippen LogP contribution in [0.25, 0.3) is 22.5 Å². The molecule has 238 valence electrons. The summed E-state index contributed by atoms with van der Waals surface area (Å²) in [5.74, 6) is -2.79. The maximum absolute atomic E-state index is 14.6. The Bertz CT molecular complexity index is 1640. The van der Waals surface area contributed by atoms with Crippen molar-refractivity contribution in [1.29, 1.82) is 0 Å². The van der Waals surface area contributed by atoms with Crippen molar-refractivity contribution in [3.8, 4) is 22.5 Å². The molecular formula is C33H36N2O10. The van der Waals surface area contributed by atoms with E-state index in [1.54, 1.807) is 24.3 Å². The van der Waals surface area contributed by atoms with Crippen LogP contribution in [0.5, 0.6) is 0 Å². The standard InChI is InChI=1S/C33H36N2O10/c1-17-13-18(2)27(19(3)14-17)31-34-15-25(24-11-9-8-10-12-24)32(40)35(31)33-30(44-23(7)39)29(43-22(6)38)28(42-21(5)37)26(45-33)16-41-20(4)36/h8-15,26,28-30,33H,16H2,1-7H3/t26-,28-,29+,30-,33+/m1/s1. The van der Waals surface area contributed by atoms with Gasteiger partial charge in [0, 0.05) is 39.5 Å². The van der Waals surface area contributed by atoms with Gasteiger partial charge in [0.2, 0.25) is 0 Å². The van der Waals surface area contributed by atoms with E-state index in [9.17, 15) is 24.0 Å². The van der Waals surface area contributed by atoms with E-state index in [0.717, 1.165) is 37.5 Å². The van der Waals surface area contributed by atoms with E-state index in [1.807, 2.05) is 39.0 Å². The molecule has 1 aromatic heterocycles. The maximum Gasteiger partial charge on any atom is 0.303 e. The fourth-order valence-electron chi connectivity index (χ4n) is 5.65. The fraction of sp³-hybridized carbons (Fsp3) is 0.394. The average molecular weight is 621 g/mol. The lowest BCUT2D eigenvalue weighted by Crippen LogP contribution is -2.61. The zero-order valence-electron chi connectivity index (χ0n) is 26.2. The number of esters is 4. The molecule has 0 radical (unpaired) electrons. The smallest absolute Gasteiger partial charge is 0.303 e. The number of carbonyl (C=O) groups is 4. The number of benzene rings is 2. The SMILES string of the molecule is CC(=O)OC[C@H]1O[C@H](n2c(-c3c(C)cc(C)cc3C)ncc(-c3ccccc3)c2=O)[C@H](OC(C)=O)[C@@H](OC(C)=O)[C@@H]1OC(C)=O. The number of ether oxygens (including phenoxy) is 5. The first-order valence-corrected chi connectivity index (χ1v) is 14.3. The topological polar surface area (TPSA) is 149 Å². The number of aryl methyl sites for hydroxylation is 3. The molecule has 3 aromatic rings. The molecule has 2 aromatic carbocycles. The molecule has 12 heteroatoms. The Kier molecular flexibility index (Phi) is 10.2. The molecule has 0 amide bonds. The van der Waals surface area contributed by atoms with Crippen molar-refractivity contribution in [2.24, 2.45) is 0 Å². The van der Waals surface area contributed by atoms with Crippen LogP contribution < -0.4 is 5.56 Å². The van der Waals surface area contributed by atoms with Crippen LogP contribution in [0.1, 0.15) is 50.6 Å². The van der Waals surface area contributed by atoms with Gasteiger partial charge in [0.15, 0.2) is 24.5 Å². The molecule has 2 heterocycles. The van der Waals surface area contributed by atoms with Crippen molar-refractivity contribution < 1.29 is 42.9 Å². The summed E-state index contributed by atoms with van der Waals surface area (Å²) in [7, 11) is 0. The van der Waals surface area contributed by atoms with E-state index in [4.69, 9.17) is 28.7 Å². The Hall–Kier alpha value is -4.84. The summed E-state index contributed by atoms with van der Waals surface area (Å²) in [5.41, 5.74) is 3.48. The summed E-state index contributed by atoms with van der Waals surface area (Å²) < 4.78 is 29.7. The van der Waals surface area contributed by atoms with Gasteiger partial charge in [-0.2, -0.15) is 0 Å². The van der Waals surface area contributed by atoms with Crippen LogP contribution in [0.15, 0.2) is 53.5 Å². The van der Waals surface area contributed by atoms with Crippen LogP contribution in [0.2, 0.25) is 0 Å². The van der Waals surface area contributed by atoms with Gasteiger partial charge in [0.25, 0.3) is 5.56 Å². The molecule has 12 nitrogen and oxygen atoms in total. The second-order valence-electron chi connectivity index (χ2n) is 10.9. The van der Waals surface area contributed by atoms with E-state index < -0.39 is 66.7 Å². The third kappa shape index (κ3) is 7.46. The fourth-order valence-corrected chi connectivity index (χ4v) is 5.65. The highest BCUT2D eigenvalue weighted by Crippen LogP contribution is 2.37. The summed E-state index contributed by atoms with van der Waals surface area (Å²) in [5, 5.41) is 0. The van der Waals surface area contributed by atoms with Crippen molar-refractivity contribution in [3.63, 3.8) is 0 Å². The lowest BCUT2D eigenvalue weighted by atomic mass is 9.95. The minimum atomic E-state index is -1.50. The molecule has 1 saturated heterocycles. The Morgan fingerprint density at radius 2 is 1.36 bits per heavy atom. The molecule has 0 bridgehead atoms. The average Bonchev–Trinajstić information content (AvgIpc) is 2.94. The highest BCUT2D eigenvalue weighted by molar-refractivity contribution is 5.70. The van der Waals surface area contributed by atoms with Gasteiger partial charge in [0.1, 0.15) is 18.5 Å². The van der Waals surface area contributed by atoms with Crippen molar-refractivity contribution in [2.45, 2.75) is 79.1 Å². The molecule has 0 N–H and O–H groups in total. The predicted molar refractivity (Wildman–Crippen MR) is 161 cm³/mol. The Balaban J connectivity index is 2.06. The van der Waals surface area contributed by atoms with E-state index >= 15 is 0 Å². The Morgan fingerprint density at radius 3 is 1.91 bits per heavy atom. The van der Waals surface area contributed by atoms with Crippen LogP contribution in [0, 0.1) is 20.8 Å². The van der Waals surface area contributed by atoms with Gasteiger partial charge in [-0.15, -0.1) is 0 Å². The zero-order chi connectivity index (χ0) is 33.0. The van der Waals surface area contributed by atoms with Crippen LogP contribution in [-0.2, 0) is 42.9 Å². The third-order valence-corrected chi connectivity index (χ3v) is 7.20. The van der Waals surface area contributed by atoms with Gasteiger partial charge < -0.3 is 23.7 Å². The van der Waals surface area contributed by atoms with Gasteiger partial charge in [-0.3, -0.25) is 28.5 Å². The quantitative estimate of drug-likeness (QED) is 0.268. The number of rotatable bonds is 8. The Morgan fingerprint density at radius 1 is 0.800 bits per heavy atom. The van der Waals surface area contributed by atoms with Crippen LogP contribution in [0.3, 0.4) is 0 Å². The molecule has 0 saturated carbocycles. The molecule has 1 aliphatic heterocycles. The molecule has 0 spiro atoms. The summed E-state index contributed by atoms with van der Waals surface area (Å²) in [6, 6.07) is 12.7. The molecule has 0 unspecified atom stereocenters. The summed E-state index contributed by atoms with van der Waals surface area (Å²) in [4.78, 5) is 68.3. The van der Waals surface area contributed by atoms with Crippen molar-refractivity contribution in [1.82, 2.24) is 9.55 Å². The van der Waals surface area contributed by atoms with Crippen molar-refractivity contribution >= 4 is 23.9 Å². The number of aromatic nitrogens is 2. The first-order valence-electron chi connectivity index (χ1n) is 14.3. The van der Waals surface area contributed by atoms with E-state index in [1.165, 1.54) is 17.7 Å². The Labute approximate surface area is 260 Å². The molecule has 5 atom stereocenters. The molecular weight excluding hydrogens is 584 g/mol. The van der Waals surface area contributed by atoms with Crippen LogP contribution in [-0.4, -0.2) is 64.5 Å². The van der Waals surface area contributed by atoms with Gasteiger partial charge in [-0.1, -0.05) is 48.0 Å². The zero-order valence-corrected chi connectivity index (χ0v) is 26.2. The summed E-state index contributed by atoms with van der Waals surface area (Å²) >= 11 is 0. The van der Waals surface area contributed by atoms with Gasteiger partial charge in [0.05, 0.1) is 5.56 Å². The molecule has 1 aliphatic rings. The number of nitrogens with zero attached hydrogens (tertiary/aromatic N) is 2. The van der Waals surface area contributed by atoms with E-state index in [0.29, 0.717) is 11.1 Å². The second-order valence-corrected chi connectivity index (χ2v) is 10.9. The van der Waals surface area contributed by atoms with Gasteiger partial charge in [-0.05, 0) is 37.5 Å². The molecule has 4 rings (SSSR count). The van der Waals surface area contributed by atoms with Crippen molar-refractivity contribution in [2.75, 3.05) is 6.61 Å². The van der Waals surface area contributed by atoms with Crippen LogP contribution in [0.4, 0.5) is 0 Å². The lowest BCUT2D eigenvalue weighted by molar-refractivity contribution is -0.268. The number of hydrogen-bond donors (Lipinski definition) is 0. The highest BCUT2D eigenvalue weighted by atomic mass is 16.7. The molecule has 1 fully saturated rings. The van der Waals surface area contributed by atoms with Crippen LogP contribution >= 0.6 is 0 Å². The summed E-state index contributed by atoms with van der Waals surface area (Å²) in [6.07, 6.45) is -5.61. The third-order valence-electron chi connectivity index (χ3n) is 7.20. The second kappa shape index (κ2) is 13.9. The van der Waals surface area contributed by atoms with E-state index in [2.05, 4.69) is 0 Å². The van der Waals surface area contributed by atoms with Gasteiger partial charge in [-0.25, -0.2) is 4.98 Å². The largest absolute Gasteiger partial charge is 0.463 e. The van der Waals surface area contributed by atoms with Crippen molar-refractivity contribution in [3.05, 3.63) is 75.7 Å². The molecule has 45 heavy (non-hydrogen) atoms. The van der Waals surface area contributed by atoms with Gasteiger partial charge >= 0.3 is 23.9 Å². The minimum Gasteiger partial charge on any atom is -0.463 e. The molecule has 0 aliphatic carbocycles. The highest BCUT2D eigenvalue weighted by Gasteiger charge is 2.53.